The number of thiocarbonyl (C=S) groups is 1. The third-order valence-electron chi connectivity index (χ3n) is 6.32. The van der Waals surface area contributed by atoms with Gasteiger partial charge in [0.15, 0.2) is 16.6 Å². The predicted molar refractivity (Wildman–Crippen MR) is 145 cm³/mol. The molecule has 0 spiro atoms. The van der Waals surface area contributed by atoms with E-state index in [1.54, 1.807) is 13.2 Å². The fourth-order valence-electron chi connectivity index (χ4n) is 4.24. The molecule has 0 saturated carbocycles. The number of rotatable bonds is 7. The number of aromatic nitrogens is 1. The summed E-state index contributed by atoms with van der Waals surface area (Å²) in [7, 11) is 1.63. The van der Waals surface area contributed by atoms with Gasteiger partial charge in [0.1, 0.15) is 5.75 Å². The molecule has 4 aromatic rings. The van der Waals surface area contributed by atoms with E-state index < -0.39 is 0 Å². The quantitative estimate of drug-likeness (QED) is 0.345. The first-order valence-corrected chi connectivity index (χ1v) is 12.1. The average molecular weight is 502 g/mol. The molecule has 2 N–H and O–H groups in total. The van der Waals surface area contributed by atoms with Crippen molar-refractivity contribution in [1.29, 1.82) is 0 Å². The molecule has 0 saturated heterocycles. The number of ether oxygens (including phenoxy) is 3. The van der Waals surface area contributed by atoms with E-state index >= 15 is 0 Å². The number of pyridine rings is 1. The number of hydrogen-bond acceptors (Lipinski definition) is 5. The lowest BCUT2D eigenvalue weighted by Gasteiger charge is -2.26. The molecule has 2 heterocycles. The van der Waals surface area contributed by atoms with Crippen LogP contribution in [0.2, 0.25) is 0 Å². The molecule has 7 nitrogen and oxygen atoms in total. The summed E-state index contributed by atoms with van der Waals surface area (Å²) in [4.78, 5) is 18.0. The smallest absolute Gasteiger partial charge is 0.253 e. The normalized spacial score (nSPS) is 11.9. The fraction of sp³-hybridized carbons (Fsp3) is 0.214. The largest absolute Gasteiger partial charge is 0.497 e. The highest BCUT2D eigenvalue weighted by Gasteiger charge is 2.18. The van der Waals surface area contributed by atoms with Crippen LogP contribution in [-0.2, 0) is 13.0 Å². The van der Waals surface area contributed by atoms with E-state index in [1.807, 2.05) is 53.4 Å². The third kappa shape index (κ3) is 5.13. The van der Waals surface area contributed by atoms with Gasteiger partial charge in [-0.25, -0.2) is 0 Å². The van der Waals surface area contributed by atoms with Crippen LogP contribution in [0.1, 0.15) is 16.7 Å². The van der Waals surface area contributed by atoms with Crippen LogP contribution in [0.15, 0.2) is 71.5 Å². The Hall–Kier alpha value is -4.04. The van der Waals surface area contributed by atoms with Crippen LogP contribution in [0.5, 0.6) is 17.2 Å². The Balaban J connectivity index is 1.41. The van der Waals surface area contributed by atoms with Crippen molar-refractivity contribution in [1.82, 2.24) is 9.88 Å². The molecular formula is C28H27N3O4S. The number of hydrogen-bond donors (Lipinski definition) is 2. The molecule has 1 aliphatic rings. The average Bonchev–Trinajstić information content (AvgIpc) is 3.34. The van der Waals surface area contributed by atoms with Crippen LogP contribution >= 0.6 is 12.2 Å². The zero-order valence-electron chi connectivity index (χ0n) is 20.2. The van der Waals surface area contributed by atoms with Gasteiger partial charge in [0.05, 0.1) is 19.2 Å². The summed E-state index contributed by atoms with van der Waals surface area (Å²) in [5.41, 5.74) is 4.49. The zero-order valence-corrected chi connectivity index (χ0v) is 21.0. The first-order valence-electron chi connectivity index (χ1n) is 11.7. The molecule has 184 valence electrons. The number of H-pyrrole nitrogens is 1. The van der Waals surface area contributed by atoms with Crippen molar-refractivity contribution in [3.63, 3.8) is 0 Å². The Kier molecular flexibility index (Phi) is 6.77. The van der Waals surface area contributed by atoms with E-state index in [0.29, 0.717) is 40.8 Å². The van der Waals surface area contributed by atoms with Gasteiger partial charge in [-0.05, 0) is 73.1 Å². The number of methoxy groups -OCH3 is 1. The van der Waals surface area contributed by atoms with Crippen molar-refractivity contribution in [2.45, 2.75) is 19.9 Å². The van der Waals surface area contributed by atoms with Gasteiger partial charge in [0.2, 0.25) is 6.79 Å². The third-order valence-corrected chi connectivity index (χ3v) is 6.68. The van der Waals surface area contributed by atoms with E-state index in [4.69, 9.17) is 26.4 Å². The Bertz CT molecular complexity index is 1470. The number of nitrogens with zero attached hydrogens (tertiary/aromatic N) is 1. The maximum absolute atomic E-state index is 13.0. The molecule has 0 amide bonds. The van der Waals surface area contributed by atoms with Gasteiger partial charge in [-0.15, -0.1) is 0 Å². The molecule has 0 aliphatic carbocycles. The van der Waals surface area contributed by atoms with Gasteiger partial charge in [-0.3, -0.25) is 4.79 Å². The van der Waals surface area contributed by atoms with Crippen LogP contribution in [0.3, 0.4) is 0 Å². The van der Waals surface area contributed by atoms with Gasteiger partial charge in [0, 0.05) is 29.2 Å². The SMILES string of the molecule is COc1ccc(NC(=S)N(CCc2ccccc2C)Cc2cc3cc4c(cc3[nH]c2=O)OCO4)cc1. The van der Waals surface area contributed by atoms with Crippen molar-refractivity contribution < 1.29 is 14.2 Å². The Morgan fingerprint density at radius 2 is 1.81 bits per heavy atom. The summed E-state index contributed by atoms with van der Waals surface area (Å²) in [6.07, 6.45) is 0.793. The second kappa shape index (κ2) is 10.3. The van der Waals surface area contributed by atoms with Crippen LogP contribution in [0, 0.1) is 6.92 Å². The number of fused-ring (bicyclic) bond motifs is 2. The molecule has 1 aromatic heterocycles. The van der Waals surface area contributed by atoms with Crippen molar-refractivity contribution in [3.8, 4) is 17.2 Å². The van der Waals surface area contributed by atoms with E-state index in [9.17, 15) is 4.79 Å². The Labute approximate surface area is 214 Å². The van der Waals surface area contributed by atoms with Crippen molar-refractivity contribution >= 4 is 33.9 Å². The van der Waals surface area contributed by atoms with E-state index in [2.05, 4.69) is 29.4 Å². The lowest BCUT2D eigenvalue weighted by molar-refractivity contribution is 0.174. The minimum Gasteiger partial charge on any atom is -0.497 e. The highest BCUT2D eigenvalue weighted by molar-refractivity contribution is 7.80. The van der Waals surface area contributed by atoms with Crippen molar-refractivity contribution in [2.75, 3.05) is 25.8 Å². The van der Waals surface area contributed by atoms with E-state index in [1.165, 1.54) is 11.1 Å². The number of nitrogens with one attached hydrogen (secondary N) is 2. The zero-order chi connectivity index (χ0) is 25.1. The molecule has 1 aliphatic heterocycles. The molecule has 3 aromatic carbocycles. The Morgan fingerprint density at radius 1 is 1.06 bits per heavy atom. The van der Waals surface area contributed by atoms with Crippen LogP contribution in [0.4, 0.5) is 5.69 Å². The molecule has 0 fully saturated rings. The molecule has 5 rings (SSSR count). The molecule has 0 atom stereocenters. The number of aryl methyl sites for hydroxylation is 1. The van der Waals surface area contributed by atoms with Gasteiger partial charge in [0.25, 0.3) is 5.56 Å². The fourth-order valence-corrected chi connectivity index (χ4v) is 4.51. The molecule has 0 bridgehead atoms. The topological polar surface area (TPSA) is 75.8 Å². The molecule has 0 unspecified atom stereocenters. The second-order valence-electron chi connectivity index (χ2n) is 8.67. The molecule has 8 heteroatoms. The van der Waals surface area contributed by atoms with Gasteiger partial charge in [-0.1, -0.05) is 24.3 Å². The maximum Gasteiger partial charge on any atom is 0.253 e. The summed E-state index contributed by atoms with van der Waals surface area (Å²) < 4.78 is 16.2. The summed E-state index contributed by atoms with van der Waals surface area (Å²) in [6.45, 7) is 3.28. The highest BCUT2D eigenvalue weighted by atomic mass is 32.1. The van der Waals surface area contributed by atoms with Crippen molar-refractivity contribution in [3.05, 3.63) is 93.8 Å². The Morgan fingerprint density at radius 3 is 2.56 bits per heavy atom. The summed E-state index contributed by atoms with van der Waals surface area (Å²) in [6, 6.07) is 21.5. The lowest BCUT2D eigenvalue weighted by atomic mass is 10.1. The maximum atomic E-state index is 13.0. The van der Waals surface area contributed by atoms with Crippen LogP contribution in [0.25, 0.3) is 10.9 Å². The molecule has 0 radical (unpaired) electrons. The summed E-state index contributed by atoms with van der Waals surface area (Å²) in [5.74, 6) is 2.08. The predicted octanol–water partition coefficient (Wildman–Crippen LogP) is 5.02. The summed E-state index contributed by atoms with van der Waals surface area (Å²) >= 11 is 5.80. The molecular weight excluding hydrogens is 474 g/mol. The van der Waals surface area contributed by atoms with Gasteiger partial charge < -0.3 is 29.4 Å². The van der Waals surface area contributed by atoms with Gasteiger partial charge in [-0.2, -0.15) is 0 Å². The second-order valence-corrected chi connectivity index (χ2v) is 9.06. The standard InChI is InChI=1S/C28H27N3O4S/c1-18-5-3-4-6-19(18)11-12-31(28(36)29-22-7-9-23(33-2)10-8-22)16-21-13-20-14-25-26(35-17-34-25)15-24(20)30-27(21)32/h3-10,13-15H,11-12,16-17H2,1-2H3,(H,29,36)(H,30,32). The lowest BCUT2D eigenvalue weighted by Crippen LogP contribution is -2.37. The number of aromatic amines is 1. The number of benzene rings is 3. The monoisotopic (exact) mass is 501 g/mol. The summed E-state index contributed by atoms with van der Waals surface area (Å²) in [5, 5.41) is 4.73. The molecule has 36 heavy (non-hydrogen) atoms. The first-order chi connectivity index (χ1) is 17.5. The number of anilines is 1. The van der Waals surface area contributed by atoms with Crippen LogP contribution in [-0.4, -0.2) is 35.4 Å². The van der Waals surface area contributed by atoms with Crippen molar-refractivity contribution in [2.24, 2.45) is 0 Å². The minimum atomic E-state index is -0.158. The first kappa shape index (κ1) is 23.7. The minimum absolute atomic E-state index is 0.158. The van der Waals surface area contributed by atoms with Gasteiger partial charge >= 0.3 is 0 Å². The van der Waals surface area contributed by atoms with E-state index in [0.717, 1.165) is 23.2 Å². The van der Waals surface area contributed by atoms with E-state index in [-0.39, 0.29) is 12.4 Å². The highest BCUT2D eigenvalue weighted by Crippen LogP contribution is 2.35. The van der Waals surface area contributed by atoms with Crippen LogP contribution < -0.4 is 25.1 Å².